The van der Waals surface area contributed by atoms with Gasteiger partial charge in [0.25, 0.3) is 5.91 Å². The highest BCUT2D eigenvalue weighted by Crippen LogP contribution is 2.24. The molecule has 1 N–H and O–H groups in total. The van der Waals surface area contributed by atoms with Gasteiger partial charge in [-0.05, 0) is 50.8 Å². The zero-order valence-corrected chi connectivity index (χ0v) is 16.8. The minimum atomic E-state index is -0.0709. The summed E-state index contributed by atoms with van der Waals surface area (Å²) >= 11 is 0. The summed E-state index contributed by atoms with van der Waals surface area (Å²) in [5, 5.41) is 2.89. The molecule has 1 amide bonds. The number of methoxy groups -OCH3 is 1. The van der Waals surface area contributed by atoms with E-state index in [1.807, 2.05) is 26.1 Å². The number of nitrogens with one attached hydrogen (secondary N) is 1. The van der Waals surface area contributed by atoms with Crippen LogP contribution in [0.1, 0.15) is 41.5 Å². The van der Waals surface area contributed by atoms with Gasteiger partial charge in [-0.3, -0.25) is 4.79 Å². The van der Waals surface area contributed by atoms with E-state index in [0.717, 1.165) is 41.9 Å². The van der Waals surface area contributed by atoms with Crippen molar-refractivity contribution >= 4 is 11.7 Å². The van der Waals surface area contributed by atoms with Gasteiger partial charge < -0.3 is 19.5 Å². The fourth-order valence-electron chi connectivity index (χ4n) is 3.69. The molecule has 1 aliphatic heterocycles. The molecule has 1 fully saturated rings. The van der Waals surface area contributed by atoms with E-state index in [1.54, 1.807) is 7.11 Å². The molecule has 0 saturated carbocycles. The van der Waals surface area contributed by atoms with Crippen molar-refractivity contribution in [2.75, 3.05) is 38.3 Å². The van der Waals surface area contributed by atoms with E-state index in [1.165, 1.54) is 12.8 Å². The van der Waals surface area contributed by atoms with Gasteiger partial charge in [0.2, 0.25) is 0 Å². The lowest BCUT2D eigenvalue weighted by molar-refractivity contribution is 0.0936. The molecule has 1 saturated heterocycles. The van der Waals surface area contributed by atoms with Gasteiger partial charge in [-0.25, -0.2) is 4.98 Å². The second-order valence-electron chi connectivity index (χ2n) is 7.41. The van der Waals surface area contributed by atoms with Crippen molar-refractivity contribution in [1.82, 2.24) is 14.9 Å². The van der Waals surface area contributed by atoms with Gasteiger partial charge in [0.15, 0.2) is 0 Å². The van der Waals surface area contributed by atoms with E-state index < -0.39 is 0 Å². The molecule has 0 aliphatic carbocycles. The van der Waals surface area contributed by atoms with E-state index in [4.69, 9.17) is 4.74 Å². The summed E-state index contributed by atoms with van der Waals surface area (Å²) in [5.74, 6) is 1.77. The molecular formula is C21H30N4O2. The van der Waals surface area contributed by atoms with Crippen LogP contribution in [0.5, 0.6) is 0 Å². The number of ether oxygens (including phenoxy) is 1. The smallest absolute Gasteiger partial charge is 0.253 e. The molecule has 0 aromatic carbocycles. The van der Waals surface area contributed by atoms with Crippen LogP contribution in [-0.2, 0) is 4.74 Å². The first-order chi connectivity index (χ1) is 13.0. The topological polar surface area (TPSA) is 59.4 Å². The number of aromatic nitrogens is 2. The molecule has 6 heteroatoms. The van der Waals surface area contributed by atoms with Crippen LogP contribution in [0.25, 0.3) is 5.69 Å². The summed E-state index contributed by atoms with van der Waals surface area (Å²) in [6.45, 7) is 9.45. The Morgan fingerprint density at radius 2 is 2.04 bits per heavy atom. The van der Waals surface area contributed by atoms with Crippen LogP contribution >= 0.6 is 0 Å². The molecule has 146 valence electrons. The monoisotopic (exact) mass is 370 g/mol. The third kappa shape index (κ3) is 4.33. The van der Waals surface area contributed by atoms with Gasteiger partial charge >= 0.3 is 0 Å². The number of pyridine rings is 1. The van der Waals surface area contributed by atoms with Crippen LogP contribution in [-0.4, -0.2) is 48.8 Å². The Balaban J connectivity index is 1.77. The highest BCUT2D eigenvalue weighted by molar-refractivity contribution is 5.95. The number of rotatable bonds is 6. The third-order valence-corrected chi connectivity index (χ3v) is 5.37. The maximum atomic E-state index is 12.4. The molecule has 1 aliphatic rings. The van der Waals surface area contributed by atoms with Crippen molar-refractivity contribution < 1.29 is 9.53 Å². The fraction of sp³-hybridized carbons (Fsp3) is 0.524. The lowest BCUT2D eigenvalue weighted by atomic mass is 9.99. The number of aryl methyl sites for hydroxylation is 1. The normalized spacial score (nSPS) is 15.2. The Morgan fingerprint density at radius 3 is 2.67 bits per heavy atom. The van der Waals surface area contributed by atoms with Crippen molar-refractivity contribution in [2.24, 2.45) is 5.92 Å². The molecule has 0 spiro atoms. The Bertz CT molecular complexity index is 774. The molecule has 3 rings (SSSR count). The van der Waals surface area contributed by atoms with Gasteiger partial charge in [0, 0.05) is 38.1 Å². The summed E-state index contributed by atoms with van der Waals surface area (Å²) < 4.78 is 7.08. The Morgan fingerprint density at radius 1 is 1.30 bits per heavy atom. The minimum absolute atomic E-state index is 0.0709. The van der Waals surface area contributed by atoms with Crippen molar-refractivity contribution in [2.45, 2.75) is 33.6 Å². The van der Waals surface area contributed by atoms with Crippen LogP contribution in [0.2, 0.25) is 0 Å². The lowest BCUT2D eigenvalue weighted by Crippen LogP contribution is -2.33. The number of carbonyl (C=O) groups is 1. The Labute approximate surface area is 161 Å². The standard InChI is InChI=1S/C21H30N4O2/c1-15-7-10-24(11-8-15)20-6-5-18(14-23-20)25-16(2)13-19(17(25)3)21(26)22-9-12-27-4/h5-6,13-15H,7-12H2,1-4H3,(H,22,26). The molecule has 2 aromatic rings. The molecule has 27 heavy (non-hydrogen) atoms. The van der Waals surface area contributed by atoms with E-state index in [2.05, 4.69) is 38.8 Å². The molecule has 0 bridgehead atoms. The summed E-state index contributed by atoms with van der Waals surface area (Å²) in [4.78, 5) is 19.5. The van der Waals surface area contributed by atoms with Crippen LogP contribution in [0.15, 0.2) is 24.4 Å². The van der Waals surface area contributed by atoms with Crippen LogP contribution < -0.4 is 10.2 Å². The first-order valence-electron chi connectivity index (χ1n) is 9.68. The molecule has 6 nitrogen and oxygen atoms in total. The number of nitrogens with zero attached hydrogens (tertiary/aromatic N) is 3. The molecule has 0 unspecified atom stereocenters. The molecular weight excluding hydrogens is 340 g/mol. The number of anilines is 1. The fourth-order valence-corrected chi connectivity index (χ4v) is 3.69. The number of hydrogen-bond acceptors (Lipinski definition) is 4. The summed E-state index contributed by atoms with van der Waals surface area (Å²) in [6, 6.07) is 6.10. The SMILES string of the molecule is COCCNC(=O)c1cc(C)n(-c2ccc(N3CCC(C)CC3)nc2)c1C. The van der Waals surface area contributed by atoms with Crippen molar-refractivity contribution in [3.05, 3.63) is 41.3 Å². The maximum absolute atomic E-state index is 12.4. The third-order valence-electron chi connectivity index (χ3n) is 5.37. The second kappa shape index (κ2) is 8.57. The maximum Gasteiger partial charge on any atom is 0.253 e. The van der Waals surface area contributed by atoms with Gasteiger partial charge in [-0.1, -0.05) is 6.92 Å². The van der Waals surface area contributed by atoms with E-state index in [9.17, 15) is 4.79 Å². The average molecular weight is 370 g/mol. The second-order valence-corrected chi connectivity index (χ2v) is 7.41. The van der Waals surface area contributed by atoms with Crippen molar-refractivity contribution in [3.8, 4) is 5.69 Å². The lowest BCUT2D eigenvalue weighted by Gasteiger charge is -2.31. The average Bonchev–Trinajstić information content (AvgIpc) is 2.97. The van der Waals surface area contributed by atoms with Crippen LogP contribution in [0.4, 0.5) is 5.82 Å². The van der Waals surface area contributed by atoms with Gasteiger partial charge in [0.1, 0.15) is 5.82 Å². The Hall–Kier alpha value is -2.34. The highest BCUT2D eigenvalue weighted by atomic mass is 16.5. The zero-order chi connectivity index (χ0) is 19.4. The number of piperidine rings is 1. The summed E-state index contributed by atoms with van der Waals surface area (Å²) in [7, 11) is 1.62. The van der Waals surface area contributed by atoms with E-state index in [0.29, 0.717) is 18.7 Å². The number of hydrogen-bond donors (Lipinski definition) is 1. The van der Waals surface area contributed by atoms with E-state index in [-0.39, 0.29) is 5.91 Å². The molecule has 0 atom stereocenters. The highest BCUT2D eigenvalue weighted by Gasteiger charge is 2.19. The Kier molecular flexibility index (Phi) is 6.16. The first-order valence-corrected chi connectivity index (χ1v) is 9.68. The first kappa shape index (κ1) is 19.4. The van der Waals surface area contributed by atoms with Crippen LogP contribution in [0, 0.1) is 19.8 Å². The molecule has 2 aromatic heterocycles. The summed E-state index contributed by atoms with van der Waals surface area (Å²) in [5.41, 5.74) is 3.61. The van der Waals surface area contributed by atoms with E-state index >= 15 is 0 Å². The quantitative estimate of drug-likeness (QED) is 0.794. The predicted molar refractivity (Wildman–Crippen MR) is 108 cm³/mol. The van der Waals surface area contributed by atoms with Crippen molar-refractivity contribution in [1.29, 1.82) is 0 Å². The van der Waals surface area contributed by atoms with Gasteiger partial charge in [-0.2, -0.15) is 0 Å². The van der Waals surface area contributed by atoms with Gasteiger partial charge in [-0.15, -0.1) is 0 Å². The van der Waals surface area contributed by atoms with Gasteiger partial charge in [0.05, 0.1) is 24.1 Å². The summed E-state index contributed by atoms with van der Waals surface area (Å²) in [6.07, 6.45) is 4.35. The molecule has 3 heterocycles. The largest absolute Gasteiger partial charge is 0.383 e. The predicted octanol–water partition coefficient (Wildman–Crippen LogP) is 3.10. The zero-order valence-electron chi connectivity index (χ0n) is 16.8. The number of carbonyl (C=O) groups excluding carboxylic acids is 1. The van der Waals surface area contributed by atoms with Crippen LogP contribution in [0.3, 0.4) is 0 Å². The minimum Gasteiger partial charge on any atom is -0.383 e. The number of amides is 1. The molecule has 0 radical (unpaired) electrons. The van der Waals surface area contributed by atoms with Crippen molar-refractivity contribution in [3.63, 3.8) is 0 Å².